The van der Waals surface area contributed by atoms with Gasteiger partial charge in [-0.15, -0.1) is 12.4 Å². The van der Waals surface area contributed by atoms with E-state index in [-0.39, 0.29) is 12.4 Å². The predicted octanol–water partition coefficient (Wildman–Crippen LogP) is 1.63. The number of nitrogens with zero attached hydrogens (tertiary/aromatic N) is 2. The van der Waals surface area contributed by atoms with Gasteiger partial charge in [-0.2, -0.15) is 5.10 Å². The zero-order valence-electron chi connectivity index (χ0n) is 7.40. The first kappa shape index (κ1) is 10.0. The number of benzene rings is 1. The minimum atomic E-state index is 0. The van der Waals surface area contributed by atoms with Crippen molar-refractivity contribution in [2.24, 2.45) is 0 Å². The summed E-state index contributed by atoms with van der Waals surface area (Å²) in [7, 11) is 1.91. The summed E-state index contributed by atoms with van der Waals surface area (Å²) in [6.45, 7) is 0.757. The van der Waals surface area contributed by atoms with E-state index in [1.807, 2.05) is 30.1 Å². The molecule has 1 N–H and O–H groups in total. The highest BCUT2D eigenvalue weighted by Gasteiger charge is 1.98. The van der Waals surface area contributed by atoms with Crippen LogP contribution in [0, 0.1) is 0 Å². The molecule has 2 rings (SSSR count). The largest absolute Gasteiger partial charge is 0.301 e. The molecule has 0 atom stereocenters. The third-order valence-electron chi connectivity index (χ3n) is 1.86. The van der Waals surface area contributed by atoms with Crippen LogP contribution in [0.5, 0.6) is 0 Å². The van der Waals surface area contributed by atoms with Gasteiger partial charge in [0.1, 0.15) is 0 Å². The molecule has 1 heterocycles. The molecule has 0 radical (unpaired) electrons. The standard InChI is InChI=1S/C9H11N3.ClH/c1-10-7-12-9-5-3-2-4-8(9)6-11-12;/h2-6,10H,7H2,1H3;1H. The van der Waals surface area contributed by atoms with E-state index >= 15 is 0 Å². The van der Waals surface area contributed by atoms with Gasteiger partial charge in [-0.1, -0.05) is 18.2 Å². The number of hydrogen-bond donors (Lipinski definition) is 1. The first-order valence-electron chi connectivity index (χ1n) is 3.97. The summed E-state index contributed by atoms with van der Waals surface area (Å²) in [4.78, 5) is 0. The molecule has 0 saturated carbocycles. The fourth-order valence-electron chi connectivity index (χ4n) is 1.30. The van der Waals surface area contributed by atoms with Crippen LogP contribution in [0.3, 0.4) is 0 Å². The summed E-state index contributed by atoms with van der Waals surface area (Å²) in [6.07, 6.45) is 1.88. The van der Waals surface area contributed by atoms with Crippen molar-refractivity contribution in [1.29, 1.82) is 0 Å². The van der Waals surface area contributed by atoms with Crippen molar-refractivity contribution in [3.8, 4) is 0 Å². The van der Waals surface area contributed by atoms with Crippen LogP contribution in [0.2, 0.25) is 0 Å². The Kier molecular flexibility index (Phi) is 3.28. The minimum Gasteiger partial charge on any atom is -0.301 e. The number of fused-ring (bicyclic) bond motifs is 1. The Morgan fingerprint density at radius 3 is 2.92 bits per heavy atom. The van der Waals surface area contributed by atoms with E-state index in [1.165, 1.54) is 10.9 Å². The summed E-state index contributed by atoms with van der Waals surface area (Å²) in [5, 5.41) is 8.49. The molecule has 0 aliphatic heterocycles. The number of halogens is 1. The van der Waals surface area contributed by atoms with E-state index in [0.29, 0.717) is 0 Å². The average Bonchev–Trinajstić information content (AvgIpc) is 2.50. The summed E-state index contributed by atoms with van der Waals surface area (Å²) in [5.74, 6) is 0. The predicted molar refractivity (Wildman–Crippen MR) is 56.0 cm³/mol. The molecule has 0 aliphatic rings. The van der Waals surface area contributed by atoms with E-state index in [0.717, 1.165) is 6.67 Å². The van der Waals surface area contributed by atoms with Crippen LogP contribution in [0.25, 0.3) is 10.9 Å². The molecule has 0 fully saturated rings. The third-order valence-corrected chi connectivity index (χ3v) is 1.86. The van der Waals surface area contributed by atoms with Crippen molar-refractivity contribution >= 4 is 23.3 Å². The van der Waals surface area contributed by atoms with E-state index in [9.17, 15) is 0 Å². The maximum absolute atomic E-state index is 4.24. The molecule has 0 spiro atoms. The van der Waals surface area contributed by atoms with Crippen LogP contribution in [0.4, 0.5) is 0 Å². The van der Waals surface area contributed by atoms with Gasteiger partial charge in [0.2, 0.25) is 0 Å². The molecule has 1 aromatic heterocycles. The van der Waals surface area contributed by atoms with Gasteiger partial charge in [0.15, 0.2) is 0 Å². The number of para-hydroxylation sites is 1. The van der Waals surface area contributed by atoms with Crippen LogP contribution in [0.15, 0.2) is 30.5 Å². The smallest absolute Gasteiger partial charge is 0.0908 e. The molecule has 0 aliphatic carbocycles. The van der Waals surface area contributed by atoms with Gasteiger partial charge in [-0.05, 0) is 13.1 Å². The highest BCUT2D eigenvalue weighted by atomic mass is 35.5. The van der Waals surface area contributed by atoms with Gasteiger partial charge in [0.25, 0.3) is 0 Å². The van der Waals surface area contributed by atoms with Gasteiger partial charge in [0, 0.05) is 5.39 Å². The monoisotopic (exact) mass is 197 g/mol. The summed E-state index contributed by atoms with van der Waals surface area (Å²) in [5.41, 5.74) is 1.17. The molecule has 0 saturated heterocycles. The van der Waals surface area contributed by atoms with Gasteiger partial charge < -0.3 is 5.32 Å². The van der Waals surface area contributed by atoms with E-state index in [2.05, 4.69) is 22.5 Å². The van der Waals surface area contributed by atoms with Gasteiger partial charge in [0.05, 0.1) is 18.4 Å². The van der Waals surface area contributed by atoms with Crippen LogP contribution in [0.1, 0.15) is 0 Å². The number of nitrogens with one attached hydrogen (secondary N) is 1. The Morgan fingerprint density at radius 1 is 1.38 bits per heavy atom. The highest BCUT2D eigenvalue weighted by molar-refractivity contribution is 5.85. The topological polar surface area (TPSA) is 29.9 Å². The summed E-state index contributed by atoms with van der Waals surface area (Å²) in [6, 6.07) is 8.18. The van der Waals surface area contributed by atoms with E-state index in [1.54, 1.807) is 0 Å². The lowest BCUT2D eigenvalue weighted by Crippen LogP contribution is -2.13. The number of aromatic nitrogens is 2. The molecular formula is C9H12ClN3. The van der Waals surface area contributed by atoms with Crippen molar-refractivity contribution in [2.45, 2.75) is 6.67 Å². The molecule has 13 heavy (non-hydrogen) atoms. The zero-order valence-corrected chi connectivity index (χ0v) is 8.21. The van der Waals surface area contributed by atoms with Crippen LogP contribution < -0.4 is 5.32 Å². The molecule has 0 bridgehead atoms. The Hall–Kier alpha value is -1.06. The maximum atomic E-state index is 4.24. The molecule has 1 aromatic carbocycles. The summed E-state index contributed by atoms with van der Waals surface area (Å²) >= 11 is 0. The maximum Gasteiger partial charge on any atom is 0.0908 e. The highest BCUT2D eigenvalue weighted by Crippen LogP contribution is 2.11. The molecule has 2 aromatic rings. The van der Waals surface area contributed by atoms with Crippen molar-refractivity contribution in [3.63, 3.8) is 0 Å². The molecular weight excluding hydrogens is 186 g/mol. The Balaban J connectivity index is 0.000000845. The van der Waals surface area contributed by atoms with Gasteiger partial charge in [-0.25, -0.2) is 0 Å². The lowest BCUT2D eigenvalue weighted by molar-refractivity contribution is 0.572. The normalized spacial score (nSPS) is 9.92. The first-order chi connectivity index (χ1) is 5.92. The Labute approximate surface area is 83.2 Å². The quantitative estimate of drug-likeness (QED) is 0.793. The third kappa shape index (κ3) is 1.82. The van der Waals surface area contributed by atoms with Crippen molar-refractivity contribution in [1.82, 2.24) is 15.1 Å². The first-order valence-corrected chi connectivity index (χ1v) is 3.97. The minimum absolute atomic E-state index is 0. The fourth-order valence-corrected chi connectivity index (χ4v) is 1.30. The number of rotatable bonds is 2. The Morgan fingerprint density at radius 2 is 2.15 bits per heavy atom. The lowest BCUT2D eigenvalue weighted by atomic mass is 10.3. The van der Waals surface area contributed by atoms with Gasteiger partial charge in [-0.3, -0.25) is 4.68 Å². The van der Waals surface area contributed by atoms with Crippen molar-refractivity contribution in [3.05, 3.63) is 30.5 Å². The molecule has 0 unspecified atom stereocenters. The second kappa shape index (κ2) is 4.25. The second-order valence-electron chi connectivity index (χ2n) is 2.71. The van der Waals surface area contributed by atoms with Crippen molar-refractivity contribution in [2.75, 3.05) is 7.05 Å². The van der Waals surface area contributed by atoms with Gasteiger partial charge >= 0.3 is 0 Å². The number of hydrogen-bond acceptors (Lipinski definition) is 2. The molecule has 4 heteroatoms. The second-order valence-corrected chi connectivity index (χ2v) is 2.71. The van der Waals surface area contributed by atoms with Crippen LogP contribution in [-0.4, -0.2) is 16.8 Å². The van der Waals surface area contributed by atoms with Crippen LogP contribution >= 0.6 is 12.4 Å². The van der Waals surface area contributed by atoms with Crippen LogP contribution in [-0.2, 0) is 6.67 Å². The summed E-state index contributed by atoms with van der Waals surface area (Å²) < 4.78 is 1.94. The van der Waals surface area contributed by atoms with E-state index < -0.39 is 0 Å². The molecule has 70 valence electrons. The SMILES string of the molecule is CNCn1ncc2ccccc21.Cl. The Bertz CT molecular complexity index is 383. The molecule has 3 nitrogen and oxygen atoms in total. The average molecular weight is 198 g/mol. The van der Waals surface area contributed by atoms with E-state index in [4.69, 9.17) is 0 Å². The lowest BCUT2D eigenvalue weighted by Gasteiger charge is -2.00. The van der Waals surface area contributed by atoms with Crippen molar-refractivity contribution < 1.29 is 0 Å². The zero-order chi connectivity index (χ0) is 8.39. The molecule has 0 amide bonds. The fraction of sp³-hybridized carbons (Fsp3) is 0.222.